The first-order chi connectivity index (χ1) is 17.5. The van der Waals surface area contributed by atoms with Gasteiger partial charge in [0.2, 0.25) is 5.95 Å². The molecule has 3 heterocycles. The van der Waals surface area contributed by atoms with Crippen LogP contribution in [0.25, 0.3) is 22.2 Å². The summed E-state index contributed by atoms with van der Waals surface area (Å²) in [6.07, 6.45) is 6.19. The summed E-state index contributed by atoms with van der Waals surface area (Å²) in [4.78, 5) is 14.1. The minimum atomic E-state index is 0.526. The molecule has 4 aromatic rings. The third kappa shape index (κ3) is 4.81. The van der Waals surface area contributed by atoms with Gasteiger partial charge in [0.25, 0.3) is 0 Å². The predicted octanol–water partition coefficient (Wildman–Crippen LogP) is 5.68. The molecule has 1 fully saturated rings. The lowest BCUT2D eigenvalue weighted by molar-refractivity contribution is 0.249. The summed E-state index contributed by atoms with van der Waals surface area (Å²) in [5, 5.41) is 4.56. The lowest BCUT2D eigenvalue weighted by atomic mass is 10.0. The van der Waals surface area contributed by atoms with Gasteiger partial charge in [-0.15, -0.1) is 0 Å². The molecule has 0 unspecified atom stereocenters. The molecule has 1 aliphatic rings. The molecule has 0 atom stereocenters. The first-order valence-electron chi connectivity index (χ1n) is 12.1. The highest BCUT2D eigenvalue weighted by Crippen LogP contribution is 2.40. The summed E-state index contributed by atoms with van der Waals surface area (Å²) in [5.74, 6) is 1.28. The van der Waals surface area contributed by atoms with E-state index < -0.39 is 0 Å². The van der Waals surface area contributed by atoms with E-state index in [0.717, 1.165) is 60.0 Å². The number of nitrogens with one attached hydrogen (secondary N) is 2. The van der Waals surface area contributed by atoms with Crippen molar-refractivity contribution in [2.75, 3.05) is 48.0 Å². The molecular weight excluding hydrogens is 565 g/mol. The second-order valence-corrected chi connectivity index (χ2v) is 9.95. The van der Waals surface area contributed by atoms with Crippen LogP contribution < -0.4 is 18.5 Å². The number of nitrogens with zero attached hydrogens (tertiary/aromatic N) is 5. The molecule has 0 radical (unpaired) electrons. The normalized spacial score (nSPS) is 14.4. The SMILES string of the molecule is COc1cc(N2CCC(N(C)C)CC2)c(NI)cc1Nc1nccc(-c2cn(C)c3ccccc23)n1. The van der Waals surface area contributed by atoms with Gasteiger partial charge in [-0.1, -0.05) is 18.2 Å². The number of methoxy groups -OCH3 is 1. The molecule has 1 saturated heterocycles. The molecular formula is C27H32IN7O. The van der Waals surface area contributed by atoms with E-state index in [9.17, 15) is 0 Å². The van der Waals surface area contributed by atoms with E-state index in [1.165, 1.54) is 10.9 Å². The van der Waals surface area contributed by atoms with Gasteiger partial charge in [-0.25, -0.2) is 9.97 Å². The third-order valence-corrected chi connectivity index (χ3v) is 7.61. The van der Waals surface area contributed by atoms with Crippen molar-refractivity contribution in [1.82, 2.24) is 19.4 Å². The molecule has 2 aromatic carbocycles. The number of para-hydroxylation sites is 1. The Morgan fingerprint density at radius 2 is 1.86 bits per heavy atom. The van der Waals surface area contributed by atoms with E-state index in [4.69, 9.17) is 9.72 Å². The number of hydrogen-bond donors (Lipinski definition) is 2. The van der Waals surface area contributed by atoms with E-state index in [-0.39, 0.29) is 0 Å². The van der Waals surface area contributed by atoms with Crippen LogP contribution in [0.2, 0.25) is 0 Å². The fourth-order valence-corrected chi connectivity index (χ4v) is 5.46. The van der Waals surface area contributed by atoms with Crippen LogP contribution in [0, 0.1) is 0 Å². The van der Waals surface area contributed by atoms with Crippen molar-refractivity contribution in [3.63, 3.8) is 0 Å². The van der Waals surface area contributed by atoms with Crippen LogP contribution in [0.4, 0.5) is 23.0 Å². The zero-order valence-corrected chi connectivity index (χ0v) is 23.3. The maximum Gasteiger partial charge on any atom is 0.227 e. The van der Waals surface area contributed by atoms with Crippen LogP contribution in [-0.4, -0.2) is 59.8 Å². The van der Waals surface area contributed by atoms with Crippen LogP contribution in [-0.2, 0) is 7.05 Å². The molecule has 2 aromatic heterocycles. The number of benzene rings is 2. The number of fused-ring (bicyclic) bond motifs is 1. The van der Waals surface area contributed by atoms with Crippen molar-refractivity contribution < 1.29 is 4.74 Å². The Morgan fingerprint density at radius 1 is 1.08 bits per heavy atom. The van der Waals surface area contributed by atoms with Gasteiger partial charge in [-0.3, -0.25) is 0 Å². The second-order valence-electron chi connectivity index (χ2n) is 9.41. The van der Waals surface area contributed by atoms with Gasteiger partial charge < -0.3 is 28.0 Å². The Hall–Kier alpha value is -3.05. The highest BCUT2D eigenvalue weighted by Gasteiger charge is 2.24. The standard InChI is InChI=1S/C27H32IN7O/c1-33(2)18-10-13-35(14-11-18)25-16-26(36-4)23(15-22(25)32-28)31-27-29-12-9-21(30-27)20-17-34(3)24-8-6-5-7-19(20)24/h5-9,12,15-18,32H,10-11,13-14H2,1-4H3,(H,29,30,31). The zero-order valence-electron chi connectivity index (χ0n) is 21.1. The lowest BCUT2D eigenvalue weighted by Gasteiger charge is -2.37. The van der Waals surface area contributed by atoms with Gasteiger partial charge in [0, 0.05) is 61.1 Å². The minimum Gasteiger partial charge on any atom is -0.494 e. The minimum absolute atomic E-state index is 0.526. The maximum atomic E-state index is 5.80. The monoisotopic (exact) mass is 597 g/mol. The van der Waals surface area contributed by atoms with Gasteiger partial charge in [0.05, 0.1) is 52.7 Å². The lowest BCUT2D eigenvalue weighted by Crippen LogP contribution is -2.42. The van der Waals surface area contributed by atoms with Gasteiger partial charge in [-0.05, 0) is 45.1 Å². The number of hydrogen-bond acceptors (Lipinski definition) is 7. The van der Waals surface area contributed by atoms with Gasteiger partial charge in [0.1, 0.15) is 5.75 Å². The molecule has 0 spiro atoms. The van der Waals surface area contributed by atoms with Crippen LogP contribution in [0.3, 0.4) is 0 Å². The molecule has 0 saturated carbocycles. The molecule has 0 aliphatic carbocycles. The van der Waals surface area contributed by atoms with Crippen molar-refractivity contribution in [2.24, 2.45) is 7.05 Å². The fourth-order valence-electron chi connectivity index (χ4n) is 5.03. The maximum absolute atomic E-state index is 5.80. The fraction of sp³-hybridized carbons (Fsp3) is 0.333. The number of ether oxygens (including phenoxy) is 1. The Bertz CT molecular complexity index is 1360. The average Bonchev–Trinajstić information content (AvgIpc) is 3.25. The molecule has 9 heteroatoms. The van der Waals surface area contributed by atoms with E-state index in [1.807, 2.05) is 6.07 Å². The van der Waals surface area contributed by atoms with Crippen LogP contribution in [0.15, 0.2) is 54.9 Å². The molecule has 188 valence electrons. The molecule has 0 bridgehead atoms. The van der Waals surface area contributed by atoms with Gasteiger partial charge in [0.15, 0.2) is 0 Å². The largest absolute Gasteiger partial charge is 0.494 e. The first-order valence-corrected chi connectivity index (χ1v) is 13.2. The summed E-state index contributed by atoms with van der Waals surface area (Å²) in [5.41, 5.74) is 6.12. The van der Waals surface area contributed by atoms with Crippen molar-refractivity contribution >= 4 is 56.8 Å². The highest BCUT2D eigenvalue weighted by atomic mass is 127. The predicted molar refractivity (Wildman–Crippen MR) is 157 cm³/mol. The number of aromatic nitrogens is 3. The summed E-state index contributed by atoms with van der Waals surface area (Å²) >= 11 is 2.20. The number of piperidine rings is 1. The van der Waals surface area contributed by atoms with E-state index in [0.29, 0.717) is 12.0 Å². The van der Waals surface area contributed by atoms with Crippen LogP contribution in [0.5, 0.6) is 5.75 Å². The quantitative estimate of drug-likeness (QED) is 0.210. The number of anilines is 4. The zero-order chi connectivity index (χ0) is 25.2. The Morgan fingerprint density at radius 3 is 2.58 bits per heavy atom. The smallest absolute Gasteiger partial charge is 0.227 e. The number of halogens is 1. The molecule has 1 aliphatic heterocycles. The van der Waals surface area contributed by atoms with Crippen molar-refractivity contribution in [1.29, 1.82) is 0 Å². The summed E-state index contributed by atoms with van der Waals surface area (Å²) in [7, 11) is 8.09. The Labute approximate surface area is 226 Å². The molecule has 2 N–H and O–H groups in total. The van der Waals surface area contributed by atoms with Gasteiger partial charge in [-0.2, -0.15) is 0 Å². The first kappa shape index (κ1) is 24.6. The number of rotatable bonds is 7. The highest BCUT2D eigenvalue weighted by molar-refractivity contribution is 14.1. The Kier molecular flexibility index (Phi) is 7.20. The second kappa shape index (κ2) is 10.5. The summed E-state index contributed by atoms with van der Waals surface area (Å²) < 4.78 is 11.3. The topological polar surface area (TPSA) is 70.5 Å². The molecule has 36 heavy (non-hydrogen) atoms. The van der Waals surface area contributed by atoms with E-state index in [2.05, 4.69) is 115 Å². The van der Waals surface area contributed by atoms with E-state index in [1.54, 1.807) is 13.3 Å². The molecule has 0 amide bonds. The van der Waals surface area contributed by atoms with Gasteiger partial charge >= 0.3 is 0 Å². The van der Waals surface area contributed by atoms with Crippen LogP contribution in [0.1, 0.15) is 12.8 Å². The van der Waals surface area contributed by atoms with Crippen molar-refractivity contribution in [2.45, 2.75) is 18.9 Å². The Balaban J connectivity index is 1.44. The molecule has 5 rings (SSSR count). The third-order valence-electron chi connectivity index (χ3n) is 7.03. The summed E-state index contributed by atoms with van der Waals surface area (Å²) in [6, 6.07) is 15.1. The van der Waals surface area contributed by atoms with Crippen molar-refractivity contribution in [3.05, 3.63) is 54.9 Å². The molecule has 8 nitrogen and oxygen atoms in total. The van der Waals surface area contributed by atoms with Crippen molar-refractivity contribution in [3.8, 4) is 17.0 Å². The summed E-state index contributed by atoms with van der Waals surface area (Å²) in [6.45, 7) is 2.03. The average molecular weight is 598 g/mol. The number of aryl methyl sites for hydroxylation is 1. The van der Waals surface area contributed by atoms with E-state index >= 15 is 0 Å². The van der Waals surface area contributed by atoms with Crippen LogP contribution >= 0.6 is 22.9 Å².